The molecule has 1 aliphatic heterocycles. The number of pyridine rings is 1. The van der Waals surface area contributed by atoms with Crippen LogP contribution in [0.15, 0.2) is 53.6 Å². The number of H-pyrrole nitrogens is 1. The monoisotopic (exact) mass is 496 g/mol. The Morgan fingerprint density at radius 3 is 2.75 bits per heavy atom. The second-order valence-corrected chi connectivity index (χ2v) is 8.18. The maximum Gasteiger partial charge on any atom is 0.264 e. The Balaban J connectivity index is 1.38. The van der Waals surface area contributed by atoms with E-state index < -0.39 is 29.6 Å². The summed E-state index contributed by atoms with van der Waals surface area (Å²) < 4.78 is 23.9. The number of nitrogens with zero attached hydrogens (tertiary/aromatic N) is 2. The van der Waals surface area contributed by atoms with Crippen molar-refractivity contribution in [3.8, 4) is 5.75 Å². The third kappa shape index (κ3) is 5.66. The largest absolute Gasteiger partial charge is 0.497 e. The van der Waals surface area contributed by atoms with Crippen molar-refractivity contribution in [2.75, 3.05) is 25.6 Å². The van der Waals surface area contributed by atoms with Gasteiger partial charge in [0.05, 0.1) is 49.6 Å². The Kier molecular flexibility index (Phi) is 7.54. The molecule has 36 heavy (non-hydrogen) atoms. The fourth-order valence-corrected chi connectivity index (χ4v) is 3.72. The topological polar surface area (TPSA) is 147 Å². The van der Waals surface area contributed by atoms with E-state index >= 15 is 0 Å². The fourth-order valence-electron chi connectivity index (χ4n) is 3.72. The Morgan fingerprint density at radius 2 is 2.08 bits per heavy atom. The second-order valence-electron chi connectivity index (χ2n) is 8.18. The molecular weight excluding hydrogens is 471 g/mol. The molecule has 0 radical (unpaired) electrons. The van der Waals surface area contributed by atoms with E-state index in [1.54, 1.807) is 36.5 Å². The Bertz CT molecular complexity index is 1290. The van der Waals surface area contributed by atoms with Gasteiger partial charge in [-0.1, -0.05) is 0 Å². The number of nitrogens with one attached hydrogen (secondary N) is 4. The number of carbonyl (C=O) groups excluding carboxylic acids is 2. The van der Waals surface area contributed by atoms with Crippen LogP contribution in [0.4, 0.5) is 15.8 Å². The van der Waals surface area contributed by atoms with Gasteiger partial charge in [0.15, 0.2) is 0 Å². The lowest BCUT2D eigenvalue weighted by Gasteiger charge is -2.27. The number of hydrogen-bond donors (Lipinski definition) is 4. The smallest absolute Gasteiger partial charge is 0.264 e. The van der Waals surface area contributed by atoms with Crippen LogP contribution in [0, 0.1) is 0 Å². The summed E-state index contributed by atoms with van der Waals surface area (Å²) in [4.78, 5) is 41.4. The van der Waals surface area contributed by atoms with Crippen LogP contribution in [-0.2, 0) is 22.8 Å². The van der Waals surface area contributed by atoms with E-state index in [1.165, 1.54) is 13.3 Å². The Hall–Kier alpha value is -4.32. The van der Waals surface area contributed by atoms with E-state index in [1.807, 2.05) is 0 Å². The molecule has 0 bridgehead atoms. The molecule has 1 atom stereocenters. The molecule has 4 N–H and O–H groups in total. The molecule has 12 heteroatoms. The third-order valence-corrected chi connectivity index (χ3v) is 5.73. The maximum absolute atomic E-state index is 13.4. The standard InChI is InChI=1S/C24H25FN6O5/c1-35-19-4-5-20(15(8-19)10-25)29-18-3-2-17(26-13-18)12-27-23(34)24(6-7-36-14-24)30-22(33)16-9-21(32)31-28-11-16/h2-5,8-9,11,13,29H,6-7,10,12,14H2,1H3,(H,27,34)(H,30,33)(H,31,32)/t24-/m0/s1. The molecule has 2 amide bonds. The number of amides is 2. The van der Waals surface area contributed by atoms with Gasteiger partial charge in [-0.3, -0.25) is 19.4 Å². The first-order valence-corrected chi connectivity index (χ1v) is 11.1. The minimum atomic E-state index is -1.28. The predicted molar refractivity (Wildman–Crippen MR) is 128 cm³/mol. The van der Waals surface area contributed by atoms with Gasteiger partial charge in [-0.15, -0.1) is 0 Å². The van der Waals surface area contributed by atoms with E-state index in [0.29, 0.717) is 35.0 Å². The molecule has 188 valence electrons. The summed E-state index contributed by atoms with van der Waals surface area (Å²) in [6.07, 6.45) is 3.06. The first kappa shape index (κ1) is 24.8. The highest BCUT2D eigenvalue weighted by molar-refractivity contribution is 5.99. The number of halogens is 1. The van der Waals surface area contributed by atoms with E-state index in [4.69, 9.17) is 9.47 Å². The molecule has 0 spiro atoms. The van der Waals surface area contributed by atoms with Crippen LogP contribution in [-0.4, -0.2) is 52.9 Å². The number of hydrogen-bond acceptors (Lipinski definition) is 8. The third-order valence-electron chi connectivity index (χ3n) is 5.73. The lowest BCUT2D eigenvalue weighted by atomic mass is 9.96. The van der Waals surface area contributed by atoms with Gasteiger partial charge in [0.1, 0.15) is 18.0 Å². The highest BCUT2D eigenvalue weighted by atomic mass is 19.1. The minimum absolute atomic E-state index is 0.00373. The first-order chi connectivity index (χ1) is 17.4. The van der Waals surface area contributed by atoms with Gasteiger partial charge in [-0.25, -0.2) is 9.49 Å². The zero-order valence-electron chi connectivity index (χ0n) is 19.5. The number of ether oxygens (including phenoxy) is 2. The number of rotatable bonds is 9. The molecule has 0 saturated carbocycles. The molecule has 11 nitrogen and oxygen atoms in total. The van der Waals surface area contributed by atoms with Crippen LogP contribution in [0.25, 0.3) is 0 Å². The zero-order valence-corrected chi connectivity index (χ0v) is 19.5. The van der Waals surface area contributed by atoms with E-state index in [9.17, 15) is 18.8 Å². The lowest BCUT2D eigenvalue weighted by molar-refractivity contribution is -0.127. The van der Waals surface area contributed by atoms with E-state index in [2.05, 4.69) is 31.1 Å². The minimum Gasteiger partial charge on any atom is -0.497 e. The summed E-state index contributed by atoms with van der Waals surface area (Å²) >= 11 is 0. The van der Waals surface area contributed by atoms with Crippen LogP contribution in [0.1, 0.15) is 28.0 Å². The van der Waals surface area contributed by atoms with Crippen LogP contribution >= 0.6 is 0 Å². The van der Waals surface area contributed by atoms with Crippen molar-refractivity contribution in [3.63, 3.8) is 0 Å². The molecule has 1 saturated heterocycles. The summed E-state index contributed by atoms with van der Waals surface area (Å²) in [6.45, 7) is -0.250. The second kappa shape index (κ2) is 11.0. The molecule has 1 aliphatic rings. The molecule has 1 aromatic carbocycles. The van der Waals surface area contributed by atoms with Gasteiger partial charge in [-0.2, -0.15) is 5.10 Å². The van der Waals surface area contributed by atoms with Gasteiger partial charge in [0.2, 0.25) is 5.91 Å². The summed E-state index contributed by atoms with van der Waals surface area (Å²) in [5.74, 6) is -0.469. The molecular formula is C24H25FN6O5. The van der Waals surface area contributed by atoms with Crippen LogP contribution in [0.3, 0.4) is 0 Å². The summed E-state index contributed by atoms with van der Waals surface area (Å²) in [5, 5.41) is 14.4. The zero-order chi connectivity index (χ0) is 25.5. The number of methoxy groups -OCH3 is 1. The number of anilines is 2. The van der Waals surface area contributed by atoms with Gasteiger partial charge in [0.25, 0.3) is 11.5 Å². The SMILES string of the molecule is COc1ccc(Nc2ccc(CNC(=O)[C@]3(NC(=O)c4cn[nH]c(=O)c4)CCOC3)nc2)c(CF)c1. The van der Waals surface area contributed by atoms with Crippen molar-refractivity contribution in [3.05, 3.63) is 76.0 Å². The molecule has 3 heterocycles. The van der Waals surface area contributed by atoms with Crippen molar-refractivity contribution in [2.45, 2.75) is 25.2 Å². The average molecular weight is 496 g/mol. The van der Waals surface area contributed by atoms with E-state index in [0.717, 1.165) is 6.07 Å². The van der Waals surface area contributed by atoms with Crippen molar-refractivity contribution < 1.29 is 23.5 Å². The number of alkyl halides is 1. The summed E-state index contributed by atoms with van der Waals surface area (Å²) in [6, 6.07) is 9.66. The highest BCUT2D eigenvalue weighted by Crippen LogP contribution is 2.26. The maximum atomic E-state index is 13.4. The molecule has 4 rings (SSSR count). The lowest BCUT2D eigenvalue weighted by Crippen LogP contribution is -2.59. The number of carbonyl (C=O) groups is 2. The number of aromatic amines is 1. The van der Waals surface area contributed by atoms with Crippen molar-refractivity contribution in [1.29, 1.82) is 0 Å². The fraction of sp³-hybridized carbons (Fsp3) is 0.292. The van der Waals surface area contributed by atoms with Crippen molar-refractivity contribution in [1.82, 2.24) is 25.8 Å². The highest BCUT2D eigenvalue weighted by Gasteiger charge is 2.43. The van der Waals surface area contributed by atoms with Gasteiger partial charge in [0, 0.05) is 30.3 Å². The Morgan fingerprint density at radius 1 is 1.22 bits per heavy atom. The predicted octanol–water partition coefficient (Wildman–Crippen LogP) is 1.59. The van der Waals surface area contributed by atoms with Gasteiger partial charge >= 0.3 is 0 Å². The molecule has 0 unspecified atom stereocenters. The quantitative estimate of drug-likeness (QED) is 0.349. The van der Waals surface area contributed by atoms with Crippen LogP contribution < -0.4 is 26.2 Å². The summed E-state index contributed by atoms with van der Waals surface area (Å²) in [5.41, 5.74) is 0.496. The molecule has 3 aromatic rings. The van der Waals surface area contributed by atoms with Crippen LogP contribution in [0.5, 0.6) is 5.75 Å². The number of aromatic nitrogens is 3. The first-order valence-electron chi connectivity index (χ1n) is 11.1. The van der Waals surface area contributed by atoms with E-state index in [-0.39, 0.29) is 25.1 Å². The summed E-state index contributed by atoms with van der Waals surface area (Å²) in [7, 11) is 1.52. The van der Waals surface area contributed by atoms with Crippen molar-refractivity contribution in [2.24, 2.45) is 0 Å². The molecule has 2 aromatic heterocycles. The van der Waals surface area contributed by atoms with Gasteiger partial charge < -0.3 is 25.4 Å². The number of benzene rings is 1. The average Bonchev–Trinajstić information content (AvgIpc) is 3.38. The Labute approximate surface area is 205 Å². The van der Waals surface area contributed by atoms with Crippen LogP contribution in [0.2, 0.25) is 0 Å². The molecule has 0 aliphatic carbocycles. The van der Waals surface area contributed by atoms with Crippen molar-refractivity contribution >= 4 is 23.2 Å². The van der Waals surface area contributed by atoms with Gasteiger partial charge in [-0.05, 0) is 30.3 Å². The normalized spacial score (nSPS) is 16.8. The molecule has 1 fully saturated rings.